The van der Waals surface area contributed by atoms with E-state index in [1.54, 1.807) is 13.2 Å². The number of carbonyl (C=O) groups is 1. The third-order valence-corrected chi connectivity index (χ3v) is 2.89. The van der Waals surface area contributed by atoms with E-state index < -0.39 is 0 Å². The summed E-state index contributed by atoms with van der Waals surface area (Å²) in [6.07, 6.45) is 1.53. The van der Waals surface area contributed by atoms with Crippen LogP contribution >= 0.6 is 0 Å². The van der Waals surface area contributed by atoms with Gasteiger partial charge in [-0.1, -0.05) is 24.3 Å². The Hall–Kier alpha value is -2.82. The third-order valence-electron chi connectivity index (χ3n) is 2.89. The summed E-state index contributed by atoms with van der Waals surface area (Å²) in [5.41, 5.74) is 4.28. The maximum Gasteiger partial charge on any atom is 0.277 e. The number of aryl methyl sites for hydroxylation is 1. The van der Waals surface area contributed by atoms with Crippen LogP contribution in [0.25, 0.3) is 0 Å². The monoisotopic (exact) mass is 298 g/mol. The van der Waals surface area contributed by atoms with E-state index in [0.29, 0.717) is 11.5 Å². The smallest absolute Gasteiger partial charge is 0.277 e. The van der Waals surface area contributed by atoms with E-state index in [9.17, 15) is 4.79 Å². The number of amides is 1. The molecule has 5 heteroatoms. The fourth-order valence-electron chi connectivity index (χ4n) is 1.83. The van der Waals surface area contributed by atoms with Crippen molar-refractivity contribution in [3.05, 3.63) is 59.7 Å². The van der Waals surface area contributed by atoms with Gasteiger partial charge in [0, 0.05) is 5.56 Å². The second-order valence-electron chi connectivity index (χ2n) is 4.64. The Kier molecular flexibility index (Phi) is 5.54. The summed E-state index contributed by atoms with van der Waals surface area (Å²) >= 11 is 0. The molecule has 0 heterocycles. The van der Waals surface area contributed by atoms with Crippen LogP contribution in [0.5, 0.6) is 11.5 Å². The lowest BCUT2D eigenvalue weighted by Crippen LogP contribution is -2.24. The van der Waals surface area contributed by atoms with Crippen molar-refractivity contribution in [1.82, 2.24) is 5.43 Å². The number of nitrogens with zero attached hydrogens (tertiary/aromatic N) is 1. The number of benzene rings is 2. The van der Waals surface area contributed by atoms with E-state index in [2.05, 4.69) is 10.5 Å². The highest BCUT2D eigenvalue weighted by Gasteiger charge is 2.02. The lowest BCUT2D eigenvalue weighted by atomic mass is 10.2. The molecule has 5 nitrogen and oxygen atoms in total. The molecule has 0 radical (unpaired) electrons. The Morgan fingerprint density at radius 2 is 2.05 bits per heavy atom. The van der Waals surface area contributed by atoms with Crippen LogP contribution < -0.4 is 14.9 Å². The molecule has 0 aliphatic carbocycles. The number of nitrogens with one attached hydrogen (secondary N) is 1. The average molecular weight is 298 g/mol. The van der Waals surface area contributed by atoms with Gasteiger partial charge in [0.2, 0.25) is 0 Å². The highest BCUT2D eigenvalue weighted by Crippen LogP contribution is 2.14. The fraction of sp³-hybridized carbons (Fsp3) is 0.176. The number of para-hydroxylation sites is 1. The predicted octanol–water partition coefficient (Wildman–Crippen LogP) is 2.53. The van der Waals surface area contributed by atoms with Crippen molar-refractivity contribution >= 4 is 12.1 Å². The highest BCUT2D eigenvalue weighted by molar-refractivity contribution is 5.85. The first kappa shape index (κ1) is 15.6. The average Bonchev–Trinajstić information content (AvgIpc) is 2.53. The Morgan fingerprint density at radius 3 is 2.82 bits per heavy atom. The van der Waals surface area contributed by atoms with E-state index in [4.69, 9.17) is 9.47 Å². The topological polar surface area (TPSA) is 59.9 Å². The van der Waals surface area contributed by atoms with Gasteiger partial charge in [-0.05, 0) is 36.8 Å². The predicted molar refractivity (Wildman–Crippen MR) is 85.4 cm³/mol. The van der Waals surface area contributed by atoms with Crippen molar-refractivity contribution < 1.29 is 14.3 Å². The van der Waals surface area contributed by atoms with Crippen molar-refractivity contribution in [3.63, 3.8) is 0 Å². The molecule has 0 spiro atoms. The van der Waals surface area contributed by atoms with Gasteiger partial charge in [-0.3, -0.25) is 4.79 Å². The van der Waals surface area contributed by atoms with E-state index in [1.807, 2.05) is 49.4 Å². The van der Waals surface area contributed by atoms with Gasteiger partial charge in [0.15, 0.2) is 6.61 Å². The van der Waals surface area contributed by atoms with Gasteiger partial charge in [-0.2, -0.15) is 5.10 Å². The molecule has 0 fully saturated rings. The Morgan fingerprint density at radius 1 is 1.23 bits per heavy atom. The van der Waals surface area contributed by atoms with E-state index in [0.717, 1.165) is 11.1 Å². The van der Waals surface area contributed by atoms with E-state index in [1.165, 1.54) is 6.21 Å². The lowest BCUT2D eigenvalue weighted by Gasteiger charge is -2.06. The van der Waals surface area contributed by atoms with Gasteiger partial charge in [0.05, 0.1) is 13.3 Å². The number of ether oxygens (including phenoxy) is 2. The maximum absolute atomic E-state index is 11.7. The van der Waals surface area contributed by atoms with Crippen LogP contribution in [0.15, 0.2) is 53.6 Å². The molecule has 0 aromatic heterocycles. The minimum absolute atomic E-state index is 0.0906. The molecule has 0 saturated heterocycles. The molecular weight excluding hydrogens is 280 g/mol. The van der Waals surface area contributed by atoms with Gasteiger partial charge in [-0.25, -0.2) is 5.43 Å². The van der Waals surface area contributed by atoms with Gasteiger partial charge < -0.3 is 9.47 Å². The molecule has 114 valence electrons. The van der Waals surface area contributed by atoms with Crippen LogP contribution in [0, 0.1) is 6.92 Å². The zero-order chi connectivity index (χ0) is 15.8. The van der Waals surface area contributed by atoms with Gasteiger partial charge in [0.1, 0.15) is 11.5 Å². The first-order chi connectivity index (χ1) is 10.7. The molecule has 0 saturated carbocycles. The number of methoxy groups -OCH3 is 1. The highest BCUT2D eigenvalue weighted by atomic mass is 16.5. The van der Waals surface area contributed by atoms with Crippen LogP contribution in [0.3, 0.4) is 0 Å². The molecule has 0 unspecified atom stereocenters. The zero-order valence-electron chi connectivity index (χ0n) is 12.6. The normalized spacial score (nSPS) is 10.5. The van der Waals surface area contributed by atoms with Crippen LogP contribution in [0.1, 0.15) is 11.1 Å². The maximum atomic E-state index is 11.7. The van der Waals surface area contributed by atoms with Crippen LogP contribution in [-0.4, -0.2) is 25.8 Å². The minimum Gasteiger partial charge on any atom is -0.496 e. The number of hydrazone groups is 1. The summed E-state index contributed by atoms with van der Waals surface area (Å²) in [4.78, 5) is 11.7. The summed E-state index contributed by atoms with van der Waals surface area (Å²) in [6.45, 7) is 1.87. The van der Waals surface area contributed by atoms with Crippen LogP contribution in [0.4, 0.5) is 0 Å². The lowest BCUT2D eigenvalue weighted by molar-refractivity contribution is -0.123. The van der Waals surface area contributed by atoms with Crippen molar-refractivity contribution in [3.8, 4) is 11.5 Å². The Labute approximate surface area is 129 Å². The van der Waals surface area contributed by atoms with Crippen LogP contribution in [0.2, 0.25) is 0 Å². The SMILES string of the molecule is COc1ccccc1/C=N\NC(=O)COc1cccc(C)c1. The fourth-order valence-corrected chi connectivity index (χ4v) is 1.83. The van der Waals surface area contributed by atoms with Crippen LogP contribution in [-0.2, 0) is 4.79 Å². The summed E-state index contributed by atoms with van der Waals surface area (Å²) in [5.74, 6) is 1.02. The molecule has 2 aromatic rings. The van der Waals surface area contributed by atoms with Gasteiger partial charge in [-0.15, -0.1) is 0 Å². The number of rotatable bonds is 6. The second-order valence-corrected chi connectivity index (χ2v) is 4.64. The Balaban J connectivity index is 1.83. The molecule has 22 heavy (non-hydrogen) atoms. The molecule has 1 amide bonds. The number of hydrogen-bond donors (Lipinski definition) is 1. The first-order valence-corrected chi connectivity index (χ1v) is 6.83. The quantitative estimate of drug-likeness (QED) is 0.658. The molecule has 2 aromatic carbocycles. The van der Waals surface area contributed by atoms with Gasteiger partial charge in [0.25, 0.3) is 5.91 Å². The minimum atomic E-state index is -0.326. The summed E-state index contributed by atoms with van der Waals surface area (Å²) < 4.78 is 10.6. The summed E-state index contributed by atoms with van der Waals surface area (Å²) in [6, 6.07) is 14.9. The van der Waals surface area contributed by atoms with Crippen molar-refractivity contribution in [2.75, 3.05) is 13.7 Å². The second kappa shape index (κ2) is 7.83. The van der Waals surface area contributed by atoms with Gasteiger partial charge >= 0.3 is 0 Å². The Bertz CT molecular complexity index is 668. The van der Waals surface area contributed by atoms with Crippen molar-refractivity contribution in [2.45, 2.75) is 6.92 Å². The largest absolute Gasteiger partial charge is 0.496 e. The number of hydrogen-bond acceptors (Lipinski definition) is 4. The number of carbonyl (C=O) groups excluding carboxylic acids is 1. The molecular formula is C17H18N2O3. The summed E-state index contributed by atoms with van der Waals surface area (Å²) in [5, 5.41) is 3.90. The summed E-state index contributed by atoms with van der Waals surface area (Å²) in [7, 11) is 1.58. The zero-order valence-corrected chi connectivity index (χ0v) is 12.6. The van der Waals surface area contributed by atoms with E-state index >= 15 is 0 Å². The molecule has 2 rings (SSSR count). The van der Waals surface area contributed by atoms with Crippen molar-refractivity contribution in [2.24, 2.45) is 5.10 Å². The van der Waals surface area contributed by atoms with E-state index in [-0.39, 0.29) is 12.5 Å². The molecule has 0 aliphatic rings. The molecule has 0 bridgehead atoms. The standard InChI is InChI=1S/C17H18N2O3/c1-13-6-5-8-15(10-13)22-12-17(20)19-18-11-14-7-3-4-9-16(14)21-2/h3-11H,12H2,1-2H3,(H,19,20)/b18-11-. The van der Waals surface area contributed by atoms with Crippen molar-refractivity contribution in [1.29, 1.82) is 0 Å². The molecule has 1 N–H and O–H groups in total. The first-order valence-electron chi connectivity index (χ1n) is 6.83. The molecule has 0 atom stereocenters. The third kappa shape index (κ3) is 4.63. The molecule has 0 aliphatic heterocycles.